The third-order valence-corrected chi connectivity index (χ3v) is 0.733. The van der Waals surface area contributed by atoms with E-state index >= 15 is 0 Å². The van der Waals surface area contributed by atoms with Gasteiger partial charge < -0.3 is 15.3 Å². The van der Waals surface area contributed by atoms with E-state index < -0.39 is 0 Å². The fourth-order valence-corrected chi connectivity index (χ4v) is 0.246. The molecule has 0 aromatic heterocycles. The molecular weight excluding hydrogens is 160 g/mol. The van der Waals surface area contributed by atoms with Crippen LogP contribution in [0.4, 0.5) is 0 Å². The van der Waals surface area contributed by atoms with Crippen molar-refractivity contribution in [1.82, 2.24) is 0 Å². The van der Waals surface area contributed by atoms with E-state index in [-0.39, 0.29) is 11.4 Å². The van der Waals surface area contributed by atoms with Gasteiger partial charge in [0, 0.05) is 13.5 Å². The Morgan fingerprint density at radius 3 is 1.83 bits per heavy atom. The molecule has 0 saturated heterocycles. The van der Waals surface area contributed by atoms with Gasteiger partial charge in [-0.1, -0.05) is 13.8 Å². The fourth-order valence-electron chi connectivity index (χ4n) is 0.246. The van der Waals surface area contributed by atoms with Crippen LogP contribution in [-0.2, 0) is 9.53 Å². The number of hydrogen-bond acceptors (Lipinski definition) is 3. The summed E-state index contributed by atoms with van der Waals surface area (Å²) < 4.78 is 4.55. The van der Waals surface area contributed by atoms with E-state index in [9.17, 15) is 4.79 Å². The Bertz CT molecular complexity index is 81.1. The lowest BCUT2D eigenvalue weighted by Crippen LogP contribution is -1.98. The number of esters is 1. The van der Waals surface area contributed by atoms with Crippen molar-refractivity contribution in [2.75, 3.05) is 13.2 Å². The summed E-state index contributed by atoms with van der Waals surface area (Å²) in [7, 11) is 0. The molecule has 0 fully saturated rings. The summed E-state index contributed by atoms with van der Waals surface area (Å²) in [6, 6.07) is 0. The van der Waals surface area contributed by atoms with Crippen molar-refractivity contribution in [2.45, 2.75) is 33.6 Å². The molecule has 0 saturated carbocycles. The zero-order valence-electron chi connectivity index (χ0n) is 8.09. The highest BCUT2D eigenvalue weighted by molar-refractivity contribution is 5.65. The largest absolute Gasteiger partial charge is 0.466 e. The van der Waals surface area contributed by atoms with Gasteiger partial charge in [0.2, 0.25) is 0 Å². The van der Waals surface area contributed by atoms with E-state index in [1.807, 2.05) is 13.8 Å². The van der Waals surface area contributed by atoms with Gasteiger partial charge in [0.15, 0.2) is 0 Å². The van der Waals surface area contributed by atoms with Crippen molar-refractivity contribution in [3.8, 4) is 0 Å². The van der Waals surface area contributed by atoms with Gasteiger partial charge in [-0.25, -0.2) is 0 Å². The highest BCUT2D eigenvalue weighted by atomic mass is 16.5. The van der Waals surface area contributed by atoms with Gasteiger partial charge >= 0.3 is 5.97 Å². The molecule has 0 aliphatic carbocycles. The molecule has 3 N–H and O–H groups in total. The van der Waals surface area contributed by atoms with E-state index in [0.717, 1.165) is 12.8 Å². The molecule has 0 aliphatic rings. The second-order valence-corrected chi connectivity index (χ2v) is 2.06. The molecule has 0 aromatic rings. The van der Waals surface area contributed by atoms with Crippen molar-refractivity contribution in [2.24, 2.45) is 0 Å². The molecule has 4 nitrogen and oxygen atoms in total. The van der Waals surface area contributed by atoms with Crippen molar-refractivity contribution in [3.05, 3.63) is 0 Å². The van der Waals surface area contributed by atoms with Gasteiger partial charge in [0.05, 0.1) is 6.61 Å². The quantitative estimate of drug-likeness (QED) is 0.643. The van der Waals surface area contributed by atoms with E-state index in [1.165, 1.54) is 6.92 Å². The molecule has 0 unspecified atom stereocenters. The van der Waals surface area contributed by atoms with Crippen LogP contribution < -0.4 is 0 Å². The highest BCUT2D eigenvalue weighted by Crippen LogP contribution is 1.78. The van der Waals surface area contributed by atoms with Crippen LogP contribution in [0.5, 0.6) is 0 Å². The van der Waals surface area contributed by atoms with Crippen molar-refractivity contribution < 1.29 is 20.1 Å². The van der Waals surface area contributed by atoms with Gasteiger partial charge in [0.25, 0.3) is 0 Å². The van der Waals surface area contributed by atoms with E-state index in [2.05, 4.69) is 4.74 Å². The summed E-state index contributed by atoms with van der Waals surface area (Å²) >= 11 is 0. The molecule has 0 atom stereocenters. The minimum absolute atomic E-state index is 0. The maximum atomic E-state index is 9.98. The highest BCUT2D eigenvalue weighted by Gasteiger charge is 1.85. The van der Waals surface area contributed by atoms with Crippen molar-refractivity contribution in [1.29, 1.82) is 0 Å². The molecule has 0 bridgehead atoms. The topological polar surface area (TPSA) is 78.0 Å². The van der Waals surface area contributed by atoms with Gasteiger partial charge in [-0.15, -0.1) is 0 Å². The standard InChI is InChI=1S/C5H10O2.C3H8O.H2O/c1-3-4-7-5(2)6;1-2-3-4;/h3-4H2,1-2H3;4H,2-3H2,1H3;1H2. The minimum atomic E-state index is -0.193. The zero-order valence-corrected chi connectivity index (χ0v) is 8.09. The van der Waals surface area contributed by atoms with Gasteiger partial charge in [-0.05, 0) is 12.8 Å². The minimum Gasteiger partial charge on any atom is -0.466 e. The summed E-state index contributed by atoms with van der Waals surface area (Å²) in [6.45, 7) is 6.17. The Labute approximate surface area is 73.8 Å². The van der Waals surface area contributed by atoms with Crippen molar-refractivity contribution >= 4 is 5.97 Å². The third-order valence-electron chi connectivity index (χ3n) is 0.733. The van der Waals surface area contributed by atoms with Crippen molar-refractivity contribution in [3.63, 3.8) is 0 Å². The first kappa shape index (κ1) is 17.5. The van der Waals surface area contributed by atoms with Gasteiger partial charge in [-0.2, -0.15) is 0 Å². The molecule has 0 radical (unpaired) electrons. The number of hydrogen-bond donors (Lipinski definition) is 1. The first-order valence-electron chi connectivity index (χ1n) is 3.93. The molecule has 4 heteroatoms. The zero-order chi connectivity index (χ0) is 9.11. The number of carbonyl (C=O) groups excluding carboxylic acids is 1. The van der Waals surface area contributed by atoms with Crippen LogP contribution in [0.25, 0.3) is 0 Å². The Kier molecular flexibility index (Phi) is 24.4. The molecule has 0 heterocycles. The van der Waals surface area contributed by atoms with Crippen LogP contribution in [0, 0.1) is 0 Å². The lowest BCUT2D eigenvalue weighted by atomic mass is 10.5. The Balaban J connectivity index is -0.000000142. The second kappa shape index (κ2) is 16.8. The average molecular weight is 180 g/mol. The number of rotatable bonds is 3. The average Bonchev–Trinajstić information content (AvgIpc) is 2.01. The summed E-state index contributed by atoms with van der Waals surface area (Å²) in [5.41, 5.74) is 0. The lowest BCUT2D eigenvalue weighted by Gasteiger charge is -1.93. The van der Waals surface area contributed by atoms with Crippen LogP contribution in [-0.4, -0.2) is 29.8 Å². The maximum Gasteiger partial charge on any atom is 0.302 e. The summed E-state index contributed by atoms with van der Waals surface area (Å²) in [5.74, 6) is -0.193. The van der Waals surface area contributed by atoms with E-state index in [4.69, 9.17) is 5.11 Å². The SMILES string of the molecule is CCCO.CCCOC(C)=O.O. The predicted octanol–water partition coefficient (Wildman–Crippen LogP) is 0.523. The molecule has 0 spiro atoms. The fraction of sp³-hybridized carbons (Fsp3) is 0.875. The molecule has 0 rings (SSSR count). The Morgan fingerprint density at radius 1 is 1.33 bits per heavy atom. The van der Waals surface area contributed by atoms with Crippen LogP contribution in [0.15, 0.2) is 0 Å². The van der Waals surface area contributed by atoms with Crippen LogP contribution in [0.2, 0.25) is 0 Å². The molecule has 76 valence electrons. The number of carbonyl (C=O) groups is 1. The number of ether oxygens (including phenoxy) is 1. The first-order valence-corrected chi connectivity index (χ1v) is 3.93. The first-order chi connectivity index (χ1) is 5.18. The van der Waals surface area contributed by atoms with Gasteiger partial charge in [0.1, 0.15) is 0 Å². The normalized spacial score (nSPS) is 7.33. The number of aliphatic hydroxyl groups excluding tert-OH is 1. The van der Waals surface area contributed by atoms with Crippen LogP contribution in [0.1, 0.15) is 33.6 Å². The molecule has 0 amide bonds. The molecule has 0 aliphatic heterocycles. The Hall–Kier alpha value is -0.610. The molecular formula is C8H20O4. The number of aliphatic hydroxyl groups is 1. The van der Waals surface area contributed by atoms with Crippen LogP contribution in [0.3, 0.4) is 0 Å². The monoisotopic (exact) mass is 180 g/mol. The van der Waals surface area contributed by atoms with Gasteiger partial charge in [-0.3, -0.25) is 4.79 Å². The molecule has 0 aromatic carbocycles. The van der Waals surface area contributed by atoms with Crippen LogP contribution >= 0.6 is 0 Å². The summed E-state index contributed by atoms with van der Waals surface area (Å²) in [4.78, 5) is 9.98. The second-order valence-electron chi connectivity index (χ2n) is 2.06. The Morgan fingerprint density at radius 2 is 1.75 bits per heavy atom. The summed E-state index contributed by atoms with van der Waals surface area (Å²) in [6.07, 6.45) is 1.78. The molecule has 12 heavy (non-hydrogen) atoms. The van der Waals surface area contributed by atoms with E-state index in [0.29, 0.717) is 13.2 Å². The summed E-state index contributed by atoms with van der Waals surface area (Å²) in [5, 5.41) is 7.88. The lowest BCUT2D eigenvalue weighted by molar-refractivity contribution is -0.140. The maximum absolute atomic E-state index is 9.98. The van der Waals surface area contributed by atoms with E-state index in [1.54, 1.807) is 0 Å². The smallest absolute Gasteiger partial charge is 0.302 e. The third kappa shape index (κ3) is 34.3. The predicted molar refractivity (Wildman–Crippen MR) is 47.9 cm³/mol.